The highest BCUT2D eigenvalue weighted by molar-refractivity contribution is 5.76. The van der Waals surface area contributed by atoms with Crippen molar-refractivity contribution in [3.05, 3.63) is 36.5 Å². The summed E-state index contributed by atoms with van der Waals surface area (Å²) in [6.45, 7) is 1.76. The molecular formula is C80H149NO18. The van der Waals surface area contributed by atoms with E-state index in [1.54, 1.807) is 6.08 Å². The number of carbonyl (C=O) groups excluding carboxylic acids is 1. The van der Waals surface area contributed by atoms with Crippen LogP contribution in [0.5, 0.6) is 0 Å². The van der Waals surface area contributed by atoms with Gasteiger partial charge in [-0.1, -0.05) is 320 Å². The van der Waals surface area contributed by atoms with Crippen LogP contribution in [0.1, 0.15) is 335 Å². The average molecular weight is 1410 g/mol. The molecule has 99 heavy (non-hydrogen) atoms. The molecule has 3 heterocycles. The lowest BCUT2D eigenvalue weighted by Crippen LogP contribution is -2.66. The number of ether oxygens (including phenoxy) is 6. The summed E-state index contributed by atoms with van der Waals surface area (Å²) >= 11 is 0. The zero-order chi connectivity index (χ0) is 71.8. The van der Waals surface area contributed by atoms with E-state index >= 15 is 0 Å². The predicted molar refractivity (Wildman–Crippen MR) is 393 cm³/mol. The third-order valence-electron chi connectivity index (χ3n) is 20.4. The zero-order valence-electron chi connectivity index (χ0n) is 62.2. The van der Waals surface area contributed by atoms with Crippen LogP contribution in [0.15, 0.2) is 36.5 Å². The van der Waals surface area contributed by atoms with Crippen LogP contribution in [0.25, 0.3) is 0 Å². The molecule has 0 aromatic heterocycles. The van der Waals surface area contributed by atoms with Crippen molar-refractivity contribution in [2.75, 3.05) is 26.4 Å². The minimum Gasteiger partial charge on any atom is -0.394 e. The molecule has 17 atom stereocenters. The molecule has 3 aliphatic rings. The van der Waals surface area contributed by atoms with Gasteiger partial charge in [-0.3, -0.25) is 4.79 Å². The van der Waals surface area contributed by atoms with Crippen molar-refractivity contribution in [3.8, 4) is 0 Å². The Balaban J connectivity index is 1.38. The van der Waals surface area contributed by atoms with Crippen molar-refractivity contribution < 1.29 is 89.4 Å². The number of aliphatic hydroxyl groups is 11. The number of allylic oxidation sites excluding steroid dienone is 5. The second kappa shape index (κ2) is 61.2. The minimum atomic E-state index is -1.98. The lowest BCUT2D eigenvalue weighted by molar-refractivity contribution is -0.379. The molecule has 0 saturated carbocycles. The third-order valence-corrected chi connectivity index (χ3v) is 20.4. The lowest BCUT2D eigenvalue weighted by atomic mass is 9.96. The summed E-state index contributed by atoms with van der Waals surface area (Å²) in [5, 5.41) is 121. The largest absolute Gasteiger partial charge is 0.394 e. The van der Waals surface area contributed by atoms with E-state index in [1.807, 2.05) is 6.08 Å². The Kier molecular flexibility index (Phi) is 56.4. The van der Waals surface area contributed by atoms with Gasteiger partial charge in [-0.15, -0.1) is 0 Å². The SMILES string of the molecule is CCCCCCCCCCCCCCC/C=C/CC/C=C/CC/C=C/C(O)C(COC1OC(CO)C(OC2OC(CO)C(OC3OC(CO)C(O)C(O)C3O)C(O)C2O)C(O)C1O)NC(=O)CCCCCCCCCCCCCCCCCCCCCCCCCCCCCCCCC. The number of amides is 1. The maximum atomic E-state index is 13.5. The summed E-state index contributed by atoms with van der Waals surface area (Å²) in [5.41, 5.74) is 0. The summed E-state index contributed by atoms with van der Waals surface area (Å²) in [6.07, 6.45) is 48.6. The molecule has 3 fully saturated rings. The molecule has 0 aliphatic carbocycles. The van der Waals surface area contributed by atoms with Gasteiger partial charge in [-0.25, -0.2) is 0 Å². The van der Waals surface area contributed by atoms with Gasteiger partial charge in [0, 0.05) is 6.42 Å². The van der Waals surface area contributed by atoms with Gasteiger partial charge in [0.05, 0.1) is 38.6 Å². The Morgan fingerprint density at radius 2 is 0.646 bits per heavy atom. The molecule has 3 aliphatic heterocycles. The maximum absolute atomic E-state index is 13.5. The van der Waals surface area contributed by atoms with E-state index in [1.165, 1.54) is 257 Å². The Morgan fingerprint density at radius 3 is 1.01 bits per heavy atom. The summed E-state index contributed by atoms with van der Waals surface area (Å²) in [4.78, 5) is 13.5. The van der Waals surface area contributed by atoms with Crippen LogP contribution >= 0.6 is 0 Å². The van der Waals surface area contributed by atoms with Gasteiger partial charge >= 0.3 is 0 Å². The number of carbonyl (C=O) groups is 1. The zero-order valence-corrected chi connectivity index (χ0v) is 62.2. The molecule has 3 saturated heterocycles. The van der Waals surface area contributed by atoms with Crippen molar-refractivity contribution in [1.29, 1.82) is 0 Å². The van der Waals surface area contributed by atoms with Crippen molar-refractivity contribution in [3.63, 3.8) is 0 Å². The number of hydrogen-bond donors (Lipinski definition) is 12. The van der Waals surface area contributed by atoms with Crippen LogP contribution in [0, 0.1) is 0 Å². The van der Waals surface area contributed by atoms with Gasteiger partial charge in [0.1, 0.15) is 73.2 Å². The molecular weight excluding hydrogens is 1260 g/mol. The van der Waals surface area contributed by atoms with Crippen LogP contribution in [0.4, 0.5) is 0 Å². The first-order valence-electron chi connectivity index (χ1n) is 40.7. The highest BCUT2D eigenvalue weighted by Crippen LogP contribution is 2.33. The molecule has 0 bridgehead atoms. The van der Waals surface area contributed by atoms with Gasteiger partial charge in [0.2, 0.25) is 5.91 Å². The smallest absolute Gasteiger partial charge is 0.220 e. The van der Waals surface area contributed by atoms with E-state index in [-0.39, 0.29) is 18.9 Å². The second-order valence-corrected chi connectivity index (χ2v) is 29.2. The van der Waals surface area contributed by atoms with E-state index in [0.29, 0.717) is 12.8 Å². The lowest BCUT2D eigenvalue weighted by Gasteiger charge is -2.48. The first kappa shape index (κ1) is 91.2. The number of nitrogens with one attached hydrogen (secondary N) is 1. The fourth-order valence-corrected chi connectivity index (χ4v) is 13.9. The Morgan fingerprint density at radius 1 is 0.354 bits per heavy atom. The molecule has 582 valence electrons. The van der Waals surface area contributed by atoms with Crippen molar-refractivity contribution in [2.45, 2.75) is 439 Å². The van der Waals surface area contributed by atoms with E-state index in [2.05, 4.69) is 43.5 Å². The van der Waals surface area contributed by atoms with E-state index < -0.39 is 124 Å². The standard InChI is InChI=1S/C80H149NO18/c1-3-5-7-9-11-13-15-17-19-21-23-25-27-28-29-30-31-32-33-34-36-38-40-42-44-46-48-50-52-54-56-58-68(86)81-63(64(85)57-55-53-51-49-47-45-43-41-39-37-35-26-24-22-20-18-16-14-12-10-8-6-4-2)62-94-78-74(92)71(89)76(66(60-83)96-78)99-80-75(93)72(90)77(67(61-84)97-80)98-79-73(91)70(88)69(87)65(59-82)95-79/h39,41,47,49,55,57,63-67,69-80,82-85,87-93H,3-38,40,42-46,48,50-54,56,58-62H2,1-2H3,(H,81,86)/b41-39+,49-47+,57-55+. The molecule has 1 amide bonds. The molecule has 0 spiro atoms. The number of aliphatic hydroxyl groups excluding tert-OH is 11. The first-order valence-corrected chi connectivity index (χ1v) is 40.7. The molecule has 0 aromatic carbocycles. The van der Waals surface area contributed by atoms with Crippen LogP contribution in [0.3, 0.4) is 0 Å². The fraction of sp³-hybridized carbons (Fsp3) is 0.912. The predicted octanol–water partition coefficient (Wildman–Crippen LogP) is 13.5. The van der Waals surface area contributed by atoms with Crippen LogP contribution in [0.2, 0.25) is 0 Å². The number of hydrogen-bond acceptors (Lipinski definition) is 18. The Bertz CT molecular complexity index is 1930. The highest BCUT2D eigenvalue weighted by Gasteiger charge is 2.54. The van der Waals surface area contributed by atoms with Crippen LogP contribution in [-0.2, 0) is 33.2 Å². The topological polar surface area (TPSA) is 307 Å². The van der Waals surface area contributed by atoms with Gasteiger partial charge in [-0.2, -0.15) is 0 Å². The molecule has 3 rings (SSSR count). The Labute approximate surface area is 600 Å². The normalized spacial score (nSPS) is 26.7. The number of rotatable bonds is 65. The molecule has 0 radical (unpaired) electrons. The van der Waals surface area contributed by atoms with Gasteiger partial charge in [0.25, 0.3) is 0 Å². The van der Waals surface area contributed by atoms with Crippen molar-refractivity contribution in [1.82, 2.24) is 5.32 Å². The average Bonchev–Trinajstić information content (AvgIpc) is 0.782. The number of unbranched alkanes of at least 4 members (excludes halogenated alkanes) is 45. The van der Waals surface area contributed by atoms with E-state index in [4.69, 9.17) is 28.4 Å². The van der Waals surface area contributed by atoms with Crippen LogP contribution < -0.4 is 5.32 Å². The summed E-state index contributed by atoms with van der Waals surface area (Å²) < 4.78 is 34.4. The summed E-state index contributed by atoms with van der Waals surface area (Å²) in [6, 6.07) is -0.996. The highest BCUT2D eigenvalue weighted by atomic mass is 16.8. The second-order valence-electron chi connectivity index (χ2n) is 29.2. The molecule has 19 heteroatoms. The van der Waals surface area contributed by atoms with Crippen LogP contribution in [-0.4, -0.2) is 193 Å². The molecule has 19 nitrogen and oxygen atoms in total. The molecule has 17 unspecified atom stereocenters. The Hall–Kier alpha value is -1.99. The minimum absolute atomic E-state index is 0.236. The summed E-state index contributed by atoms with van der Waals surface area (Å²) in [5.74, 6) is -0.283. The quantitative estimate of drug-likeness (QED) is 0.0199. The van der Waals surface area contributed by atoms with Gasteiger partial charge in [-0.05, 0) is 44.9 Å². The van der Waals surface area contributed by atoms with Crippen molar-refractivity contribution in [2.24, 2.45) is 0 Å². The van der Waals surface area contributed by atoms with Crippen molar-refractivity contribution >= 4 is 5.91 Å². The van der Waals surface area contributed by atoms with E-state index in [9.17, 15) is 61.0 Å². The van der Waals surface area contributed by atoms with Gasteiger partial charge in [0.15, 0.2) is 18.9 Å². The molecule has 12 N–H and O–H groups in total. The van der Waals surface area contributed by atoms with Gasteiger partial charge < -0.3 is 89.9 Å². The third kappa shape index (κ3) is 41.5. The molecule has 0 aromatic rings. The summed E-state index contributed by atoms with van der Waals surface area (Å²) in [7, 11) is 0. The fourth-order valence-electron chi connectivity index (χ4n) is 13.9. The monoisotopic (exact) mass is 1410 g/mol. The maximum Gasteiger partial charge on any atom is 0.220 e. The van der Waals surface area contributed by atoms with E-state index in [0.717, 1.165) is 44.9 Å². The first-order chi connectivity index (χ1) is 48.3.